The van der Waals surface area contributed by atoms with Gasteiger partial charge in [0.15, 0.2) is 11.5 Å². The zero-order chi connectivity index (χ0) is 11.8. The second-order valence-electron chi connectivity index (χ2n) is 3.43. The Kier molecular flexibility index (Phi) is 5.26. The predicted octanol–water partition coefficient (Wildman–Crippen LogP) is 3.14. The average Bonchev–Trinajstić information content (AvgIpc) is 2.28. The van der Waals surface area contributed by atoms with Gasteiger partial charge in [-0.25, -0.2) is 0 Å². The highest BCUT2D eigenvalue weighted by molar-refractivity contribution is 5.44. The summed E-state index contributed by atoms with van der Waals surface area (Å²) < 4.78 is 10.7. The highest BCUT2D eigenvalue weighted by Crippen LogP contribution is 2.30. The van der Waals surface area contributed by atoms with Crippen LogP contribution in [-0.4, -0.2) is 18.3 Å². The Morgan fingerprint density at radius 3 is 2.81 bits per heavy atom. The van der Waals surface area contributed by atoms with E-state index in [0.29, 0.717) is 24.7 Å². The van der Waals surface area contributed by atoms with Crippen LogP contribution in [0.2, 0.25) is 0 Å². The molecular formula is C13H18O3. The molecule has 0 heterocycles. The fourth-order valence-electron chi connectivity index (χ4n) is 1.19. The van der Waals surface area contributed by atoms with Crippen molar-refractivity contribution in [2.24, 2.45) is 0 Å². The summed E-state index contributed by atoms with van der Waals surface area (Å²) in [5, 5.41) is 9.64. The van der Waals surface area contributed by atoms with E-state index in [9.17, 15) is 5.11 Å². The van der Waals surface area contributed by atoms with Gasteiger partial charge in [0, 0.05) is 6.07 Å². The monoisotopic (exact) mass is 222 g/mol. The van der Waals surface area contributed by atoms with E-state index in [1.165, 1.54) is 0 Å². The summed E-state index contributed by atoms with van der Waals surface area (Å²) in [7, 11) is 0. The number of unbranched alkanes of at least 4 members (excludes halogenated alkanes) is 1. The molecule has 0 radical (unpaired) electrons. The molecule has 0 spiro atoms. The topological polar surface area (TPSA) is 38.7 Å². The standard InChI is InChI=1S/C13H18O3/c1-3-5-9-15-11-6-7-13(12(14)10-11)16-8-4-2/h4,6-7,10,14H,2-3,5,8-9H2,1H3. The highest BCUT2D eigenvalue weighted by atomic mass is 16.5. The first-order chi connectivity index (χ1) is 7.77. The Bertz CT molecular complexity index is 334. The molecule has 1 aromatic rings. The summed E-state index contributed by atoms with van der Waals surface area (Å²) >= 11 is 0. The van der Waals surface area contributed by atoms with Crippen LogP contribution < -0.4 is 9.47 Å². The van der Waals surface area contributed by atoms with Crippen molar-refractivity contribution in [2.75, 3.05) is 13.2 Å². The van der Waals surface area contributed by atoms with Crippen molar-refractivity contribution in [2.45, 2.75) is 19.8 Å². The van der Waals surface area contributed by atoms with Crippen LogP contribution in [0, 0.1) is 0 Å². The molecule has 0 saturated carbocycles. The first-order valence-electron chi connectivity index (χ1n) is 5.47. The van der Waals surface area contributed by atoms with E-state index in [-0.39, 0.29) is 5.75 Å². The van der Waals surface area contributed by atoms with Gasteiger partial charge in [-0.1, -0.05) is 26.0 Å². The molecule has 1 N–H and O–H groups in total. The summed E-state index contributed by atoms with van der Waals surface area (Å²) in [6, 6.07) is 5.04. The molecule has 88 valence electrons. The Morgan fingerprint density at radius 2 is 2.19 bits per heavy atom. The Labute approximate surface area is 96.3 Å². The van der Waals surface area contributed by atoms with Gasteiger partial charge >= 0.3 is 0 Å². The third-order valence-electron chi connectivity index (χ3n) is 2.05. The van der Waals surface area contributed by atoms with E-state index in [2.05, 4.69) is 13.5 Å². The smallest absolute Gasteiger partial charge is 0.161 e. The Hall–Kier alpha value is -1.64. The van der Waals surface area contributed by atoms with Crippen LogP contribution in [0.3, 0.4) is 0 Å². The van der Waals surface area contributed by atoms with Crippen LogP contribution in [-0.2, 0) is 0 Å². The quantitative estimate of drug-likeness (QED) is 0.569. The van der Waals surface area contributed by atoms with E-state index in [1.54, 1.807) is 24.3 Å². The molecule has 0 saturated heterocycles. The molecule has 1 aromatic carbocycles. The molecule has 0 aliphatic carbocycles. The zero-order valence-electron chi connectivity index (χ0n) is 9.61. The summed E-state index contributed by atoms with van der Waals surface area (Å²) in [4.78, 5) is 0. The molecule has 3 nitrogen and oxygen atoms in total. The van der Waals surface area contributed by atoms with Crippen molar-refractivity contribution < 1.29 is 14.6 Å². The third kappa shape index (κ3) is 3.85. The summed E-state index contributed by atoms with van der Waals surface area (Å²) in [6.45, 7) is 6.69. The van der Waals surface area contributed by atoms with Crippen molar-refractivity contribution >= 4 is 0 Å². The Balaban J connectivity index is 2.56. The van der Waals surface area contributed by atoms with Crippen LogP contribution in [0.15, 0.2) is 30.9 Å². The number of rotatable bonds is 7. The van der Waals surface area contributed by atoms with E-state index in [1.807, 2.05) is 0 Å². The van der Waals surface area contributed by atoms with Crippen molar-refractivity contribution in [3.8, 4) is 17.2 Å². The maximum atomic E-state index is 9.64. The van der Waals surface area contributed by atoms with E-state index >= 15 is 0 Å². The number of hydrogen-bond acceptors (Lipinski definition) is 3. The lowest BCUT2D eigenvalue weighted by molar-refractivity contribution is 0.302. The summed E-state index contributed by atoms with van der Waals surface area (Å²) in [5.41, 5.74) is 0. The van der Waals surface area contributed by atoms with Crippen molar-refractivity contribution in [1.82, 2.24) is 0 Å². The average molecular weight is 222 g/mol. The second kappa shape index (κ2) is 6.77. The molecule has 0 aliphatic heterocycles. The lowest BCUT2D eigenvalue weighted by Gasteiger charge is -2.09. The number of ether oxygens (including phenoxy) is 2. The SMILES string of the molecule is C=CCOc1ccc(OCCCC)cc1O. The predicted molar refractivity (Wildman–Crippen MR) is 64.2 cm³/mol. The van der Waals surface area contributed by atoms with Crippen LogP contribution >= 0.6 is 0 Å². The van der Waals surface area contributed by atoms with Gasteiger partial charge in [0.25, 0.3) is 0 Å². The van der Waals surface area contributed by atoms with Gasteiger partial charge in [-0.05, 0) is 18.6 Å². The Morgan fingerprint density at radius 1 is 1.38 bits per heavy atom. The van der Waals surface area contributed by atoms with Crippen molar-refractivity contribution in [1.29, 1.82) is 0 Å². The fraction of sp³-hybridized carbons (Fsp3) is 0.385. The molecule has 1 rings (SSSR count). The van der Waals surface area contributed by atoms with Crippen LogP contribution in [0.25, 0.3) is 0 Å². The van der Waals surface area contributed by atoms with E-state index in [4.69, 9.17) is 9.47 Å². The molecule has 0 fully saturated rings. The largest absolute Gasteiger partial charge is 0.504 e. The highest BCUT2D eigenvalue weighted by Gasteiger charge is 2.03. The first-order valence-corrected chi connectivity index (χ1v) is 5.47. The van der Waals surface area contributed by atoms with Crippen LogP contribution in [0.1, 0.15) is 19.8 Å². The van der Waals surface area contributed by atoms with Crippen molar-refractivity contribution in [3.05, 3.63) is 30.9 Å². The molecule has 0 atom stereocenters. The minimum absolute atomic E-state index is 0.0934. The zero-order valence-corrected chi connectivity index (χ0v) is 9.61. The number of phenols is 1. The summed E-state index contributed by atoms with van der Waals surface area (Å²) in [5.74, 6) is 1.20. The summed E-state index contributed by atoms with van der Waals surface area (Å²) in [6.07, 6.45) is 3.73. The lowest BCUT2D eigenvalue weighted by Crippen LogP contribution is -1.97. The van der Waals surface area contributed by atoms with Crippen LogP contribution in [0.4, 0.5) is 0 Å². The minimum atomic E-state index is 0.0934. The number of phenolic OH excluding ortho intramolecular Hbond substituents is 1. The number of aromatic hydroxyl groups is 1. The molecule has 0 aromatic heterocycles. The van der Waals surface area contributed by atoms with Gasteiger partial charge in [-0.3, -0.25) is 0 Å². The molecular weight excluding hydrogens is 204 g/mol. The molecule has 0 amide bonds. The van der Waals surface area contributed by atoms with Gasteiger partial charge in [0.2, 0.25) is 0 Å². The molecule has 16 heavy (non-hydrogen) atoms. The van der Waals surface area contributed by atoms with Gasteiger partial charge in [-0.15, -0.1) is 0 Å². The van der Waals surface area contributed by atoms with Gasteiger partial charge in [0.1, 0.15) is 12.4 Å². The maximum absolute atomic E-state index is 9.64. The fourth-order valence-corrected chi connectivity index (χ4v) is 1.19. The van der Waals surface area contributed by atoms with E-state index in [0.717, 1.165) is 12.8 Å². The molecule has 0 aliphatic rings. The third-order valence-corrected chi connectivity index (χ3v) is 2.05. The molecule has 3 heteroatoms. The molecule has 0 unspecified atom stereocenters. The van der Waals surface area contributed by atoms with Gasteiger partial charge in [0.05, 0.1) is 6.61 Å². The van der Waals surface area contributed by atoms with Gasteiger partial charge < -0.3 is 14.6 Å². The first kappa shape index (κ1) is 12.4. The van der Waals surface area contributed by atoms with E-state index < -0.39 is 0 Å². The van der Waals surface area contributed by atoms with Crippen LogP contribution in [0.5, 0.6) is 17.2 Å². The van der Waals surface area contributed by atoms with Gasteiger partial charge in [-0.2, -0.15) is 0 Å². The normalized spacial score (nSPS) is 9.81. The number of hydrogen-bond donors (Lipinski definition) is 1. The number of benzene rings is 1. The minimum Gasteiger partial charge on any atom is -0.504 e. The molecule has 0 bridgehead atoms. The second-order valence-corrected chi connectivity index (χ2v) is 3.43. The lowest BCUT2D eigenvalue weighted by atomic mass is 10.3. The van der Waals surface area contributed by atoms with Crippen molar-refractivity contribution in [3.63, 3.8) is 0 Å². The maximum Gasteiger partial charge on any atom is 0.161 e.